The van der Waals surface area contributed by atoms with E-state index in [0.29, 0.717) is 30.0 Å². The molecule has 0 atom stereocenters. The van der Waals surface area contributed by atoms with Crippen LogP contribution in [0, 0.1) is 5.82 Å². The average Bonchev–Trinajstić information content (AvgIpc) is 2.90. The molecule has 136 valence electrons. The van der Waals surface area contributed by atoms with Crippen molar-refractivity contribution < 1.29 is 18.7 Å². The second kappa shape index (κ2) is 8.61. The van der Waals surface area contributed by atoms with E-state index in [9.17, 15) is 14.0 Å². The van der Waals surface area contributed by atoms with Gasteiger partial charge in [-0.15, -0.1) is 0 Å². The van der Waals surface area contributed by atoms with Crippen LogP contribution >= 0.6 is 0 Å². The van der Waals surface area contributed by atoms with Crippen LogP contribution in [0.5, 0.6) is 5.75 Å². The monoisotopic (exact) mass is 355 g/mol. The molecular weight excluding hydrogens is 333 g/mol. The Hall–Kier alpha value is -2.69. The van der Waals surface area contributed by atoms with Crippen molar-refractivity contribution in [3.63, 3.8) is 0 Å². The molecule has 0 saturated heterocycles. The predicted molar refractivity (Wildman–Crippen MR) is 96.8 cm³/mol. The summed E-state index contributed by atoms with van der Waals surface area (Å²) in [5, 5.41) is 0. The van der Waals surface area contributed by atoms with E-state index in [2.05, 4.69) is 0 Å². The van der Waals surface area contributed by atoms with Gasteiger partial charge in [0, 0.05) is 6.54 Å². The summed E-state index contributed by atoms with van der Waals surface area (Å²) in [6.45, 7) is 1.07. The van der Waals surface area contributed by atoms with Gasteiger partial charge in [0.15, 0.2) is 0 Å². The summed E-state index contributed by atoms with van der Waals surface area (Å²) in [7, 11) is 0. The van der Waals surface area contributed by atoms with Gasteiger partial charge in [-0.2, -0.15) is 0 Å². The standard InChI is InChI=1S/C21H22FNO3/c22-16-10-12-17(13-11-16)26-15-7-3-1-2-6-14-23-20(24)18-8-4-5-9-19(18)21(23)25/h4-5,8-13H,1-3,6-7,14-15H2. The number of carbonyl (C=O) groups is 2. The smallest absolute Gasteiger partial charge is 0.261 e. The molecule has 3 rings (SSSR count). The van der Waals surface area contributed by atoms with Gasteiger partial charge >= 0.3 is 0 Å². The first-order valence-electron chi connectivity index (χ1n) is 9.00. The molecule has 2 aromatic rings. The van der Waals surface area contributed by atoms with E-state index in [1.807, 2.05) is 0 Å². The Bertz CT molecular complexity index is 738. The molecule has 0 radical (unpaired) electrons. The molecule has 5 heteroatoms. The zero-order valence-electron chi connectivity index (χ0n) is 14.6. The van der Waals surface area contributed by atoms with Crippen LogP contribution in [0.25, 0.3) is 0 Å². The lowest BCUT2D eigenvalue weighted by Gasteiger charge is -2.13. The molecule has 0 saturated carbocycles. The second-order valence-electron chi connectivity index (χ2n) is 6.38. The van der Waals surface area contributed by atoms with Crippen molar-refractivity contribution in [2.75, 3.05) is 13.2 Å². The maximum Gasteiger partial charge on any atom is 0.261 e. The lowest BCUT2D eigenvalue weighted by molar-refractivity contribution is 0.0651. The Kier molecular flexibility index (Phi) is 6.00. The summed E-state index contributed by atoms with van der Waals surface area (Å²) < 4.78 is 18.3. The molecule has 1 aliphatic rings. The Morgan fingerprint density at radius 3 is 2.00 bits per heavy atom. The van der Waals surface area contributed by atoms with Crippen molar-refractivity contribution in [3.05, 3.63) is 65.5 Å². The topological polar surface area (TPSA) is 46.6 Å². The Morgan fingerprint density at radius 2 is 1.35 bits per heavy atom. The van der Waals surface area contributed by atoms with Gasteiger partial charge in [-0.25, -0.2) is 4.39 Å². The minimum Gasteiger partial charge on any atom is -0.494 e. The molecule has 0 N–H and O–H groups in total. The normalized spacial score (nSPS) is 13.2. The molecule has 2 aromatic carbocycles. The first kappa shape index (κ1) is 18.1. The number of benzene rings is 2. The highest BCUT2D eigenvalue weighted by Crippen LogP contribution is 2.22. The molecule has 1 heterocycles. The molecule has 0 aromatic heterocycles. The van der Waals surface area contributed by atoms with Crippen LogP contribution in [0.2, 0.25) is 0 Å². The van der Waals surface area contributed by atoms with Gasteiger partial charge in [0.25, 0.3) is 11.8 Å². The van der Waals surface area contributed by atoms with Crippen molar-refractivity contribution >= 4 is 11.8 Å². The van der Waals surface area contributed by atoms with Crippen LogP contribution in [-0.2, 0) is 0 Å². The summed E-state index contributed by atoms with van der Waals surface area (Å²) in [5.74, 6) is 0.0454. The number of carbonyl (C=O) groups excluding carboxylic acids is 2. The number of unbranched alkanes of at least 4 members (excludes halogenated alkanes) is 4. The highest BCUT2D eigenvalue weighted by atomic mass is 19.1. The van der Waals surface area contributed by atoms with Gasteiger partial charge in [-0.1, -0.05) is 31.4 Å². The van der Waals surface area contributed by atoms with E-state index in [1.54, 1.807) is 36.4 Å². The molecule has 2 amide bonds. The molecule has 0 fully saturated rings. The number of rotatable bonds is 9. The molecule has 1 aliphatic heterocycles. The van der Waals surface area contributed by atoms with E-state index in [-0.39, 0.29) is 17.6 Å². The molecule has 0 unspecified atom stereocenters. The number of ether oxygens (including phenoxy) is 1. The molecular formula is C21H22FNO3. The van der Waals surface area contributed by atoms with Gasteiger partial charge in [0.2, 0.25) is 0 Å². The van der Waals surface area contributed by atoms with Crippen LogP contribution in [0.3, 0.4) is 0 Å². The molecule has 0 spiro atoms. The predicted octanol–water partition coefficient (Wildman–Crippen LogP) is 4.45. The number of nitrogens with zero attached hydrogens (tertiary/aromatic N) is 1. The SMILES string of the molecule is O=C1c2ccccc2C(=O)N1CCCCCCCOc1ccc(F)cc1. The second-order valence-corrected chi connectivity index (χ2v) is 6.38. The number of imide groups is 1. The first-order valence-corrected chi connectivity index (χ1v) is 9.00. The fourth-order valence-electron chi connectivity index (χ4n) is 3.07. The summed E-state index contributed by atoms with van der Waals surface area (Å²) in [6.07, 6.45) is 4.73. The minimum absolute atomic E-state index is 0.182. The van der Waals surface area contributed by atoms with Gasteiger partial charge in [-0.05, 0) is 49.2 Å². The maximum atomic E-state index is 12.8. The molecule has 0 bridgehead atoms. The summed E-state index contributed by atoms with van der Waals surface area (Å²) >= 11 is 0. The molecule has 4 nitrogen and oxygen atoms in total. The highest BCUT2D eigenvalue weighted by Gasteiger charge is 2.34. The molecule has 26 heavy (non-hydrogen) atoms. The van der Waals surface area contributed by atoms with Gasteiger partial charge < -0.3 is 4.74 Å². The third-order valence-electron chi connectivity index (χ3n) is 4.49. The van der Waals surface area contributed by atoms with Gasteiger partial charge in [-0.3, -0.25) is 14.5 Å². The van der Waals surface area contributed by atoms with Crippen molar-refractivity contribution in [1.82, 2.24) is 4.90 Å². The Balaban J connectivity index is 1.29. The summed E-state index contributed by atoms with van der Waals surface area (Å²) in [4.78, 5) is 25.8. The van der Waals surface area contributed by atoms with Crippen molar-refractivity contribution in [2.45, 2.75) is 32.1 Å². The zero-order chi connectivity index (χ0) is 18.4. The van der Waals surface area contributed by atoms with E-state index in [1.165, 1.54) is 17.0 Å². The maximum absolute atomic E-state index is 12.8. The number of amides is 2. The third kappa shape index (κ3) is 4.28. The van der Waals surface area contributed by atoms with Gasteiger partial charge in [0.05, 0.1) is 17.7 Å². The van der Waals surface area contributed by atoms with Gasteiger partial charge in [0.1, 0.15) is 11.6 Å². The van der Waals surface area contributed by atoms with Crippen LogP contribution in [0.4, 0.5) is 4.39 Å². The quantitative estimate of drug-likeness (QED) is 0.493. The van der Waals surface area contributed by atoms with E-state index < -0.39 is 0 Å². The fraction of sp³-hybridized carbons (Fsp3) is 0.333. The summed E-state index contributed by atoms with van der Waals surface area (Å²) in [6, 6.07) is 13.0. The molecule has 0 aliphatic carbocycles. The third-order valence-corrected chi connectivity index (χ3v) is 4.49. The average molecular weight is 355 g/mol. The largest absolute Gasteiger partial charge is 0.494 e. The fourth-order valence-corrected chi connectivity index (χ4v) is 3.07. The number of hydrogen-bond donors (Lipinski definition) is 0. The van der Waals surface area contributed by atoms with E-state index in [0.717, 1.165) is 32.1 Å². The van der Waals surface area contributed by atoms with E-state index in [4.69, 9.17) is 4.74 Å². The van der Waals surface area contributed by atoms with Crippen molar-refractivity contribution in [3.8, 4) is 5.75 Å². The Morgan fingerprint density at radius 1 is 0.769 bits per heavy atom. The van der Waals surface area contributed by atoms with Crippen LogP contribution in [0.1, 0.15) is 52.8 Å². The van der Waals surface area contributed by atoms with Crippen molar-refractivity contribution in [2.24, 2.45) is 0 Å². The summed E-state index contributed by atoms with van der Waals surface area (Å²) in [5.41, 5.74) is 1.02. The number of halogens is 1. The number of hydrogen-bond acceptors (Lipinski definition) is 3. The lowest BCUT2D eigenvalue weighted by Crippen LogP contribution is -2.30. The van der Waals surface area contributed by atoms with Crippen molar-refractivity contribution in [1.29, 1.82) is 0 Å². The number of fused-ring (bicyclic) bond motifs is 1. The minimum atomic E-state index is -0.268. The zero-order valence-corrected chi connectivity index (χ0v) is 14.6. The van der Waals surface area contributed by atoms with Crippen LogP contribution in [0.15, 0.2) is 48.5 Å². The van der Waals surface area contributed by atoms with E-state index >= 15 is 0 Å². The first-order chi connectivity index (χ1) is 12.7. The van der Waals surface area contributed by atoms with Crippen LogP contribution in [-0.4, -0.2) is 29.9 Å². The van der Waals surface area contributed by atoms with Crippen LogP contribution < -0.4 is 4.74 Å². The lowest BCUT2D eigenvalue weighted by atomic mass is 10.1. The highest BCUT2D eigenvalue weighted by molar-refractivity contribution is 6.21. The Labute approximate surface area is 152 Å².